The Bertz CT molecular complexity index is 1150. The molecule has 1 aliphatic carbocycles. The predicted molar refractivity (Wildman–Crippen MR) is 127 cm³/mol. The van der Waals surface area contributed by atoms with E-state index < -0.39 is 5.60 Å². The summed E-state index contributed by atoms with van der Waals surface area (Å²) in [5.41, 5.74) is 1.58. The summed E-state index contributed by atoms with van der Waals surface area (Å²) in [4.78, 5) is 31.9. The number of nitrogens with zero attached hydrogens (tertiary/aromatic N) is 2. The van der Waals surface area contributed by atoms with Crippen molar-refractivity contribution >= 4 is 12.0 Å². The number of cyclic esters (lactones) is 1. The molecule has 34 heavy (non-hydrogen) atoms. The third-order valence-electron chi connectivity index (χ3n) is 6.80. The van der Waals surface area contributed by atoms with Crippen LogP contribution in [-0.2, 0) is 4.74 Å². The number of benzene rings is 2. The zero-order valence-corrected chi connectivity index (χ0v) is 19.4. The molecule has 1 unspecified atom stereocenters. The Balaban J connectivity index is 1.22. The highest BCUT2D eigenvalue weighted by Gasteiger charge is 2.51. The van der Waals surface area contributed by atoms with Gasteiger partial charge in [-0.1, -0.05) is 48.5 Å². The number of nitrogens with one attached hydrogen (secondary N) is 1. The van der Waals surface area contributed by atoms with Crippen LogP contribution in [0, 0.1) is 0 Å². The third-order valence-corrected chi connectivity index (χ3v) is 6.80. The van der Waals surface area contributed by atoms with Crippen LogP contribution in [0.3, 0.4) is 0 Å². The number of hydrogen-bond donors (Lipinski definition) is 1. The quantitative estimate of drug-likeness (QED) is 0.556. The van der Waals surface area contributed by atoms with Crippen LogP contribution < -0.4 is 5.32 Å². The van der Waals surface area contributed by atoms with Crippen LogP contribution in [0.4, 0.5) is 4.79 Å². The van der Waals surface area contributed by atoms with Gasteiger partial charge in [0.05, 0.1) is 6.04 Å². The molecule has 2 fully saturated rings. The van der Waals surface area contributed by atoms with Gasteiger partial charge in [0, 0.05) is 17.6 Å². The van der Waals surface area contributed by atoms with E-state index in [1.807, 2.05) is 67.3 Å². The van der Waals surface area contributed by atoms with Gasteiger partial charge in [-0.2, -0.15) is 0 Å². The van der Waals surface area contributed by atoms with E-state index in [1.54, 1.807) is 0 Å². The number of carbonyl (C=O) groups is 2. The first-order valence-corrected chi connectivity index (χ1v) is 11.8. The zero-order valence-electron chi connectivity index (χ0n) is 19.4. The van der Waals surface area contributed by atoms with E-state index in [-0.39, 0.29) is 35.8 Å². The SMILES string of the molecule is CC1(C)OC(=O)N(C2CCC(NC(=O)c3coc(-c4ccccc4)n3)CC2)C1c1ccccc1. The minimum Gasteiger partial charge on any atom is -0.444 e. The van der Waals surface area contributed by atoms with Gasteiger partial charge in [-0.15, -0.1) is 0 Å². The molecule has 2 amide bonds. The van der Waals surface area contributed by atoms with Crippen molar-refractivity contribution in [1.82, 2.24) is 15.2 Å². The van der Waals surface area contributed by atoms with E-state index in [2.05, 4.69) is 22.4 Å². The average molecular weight is 460 g/mol. The van der Waals surface area contributed by atoms with Crippen molar-refractivity contribution in [3.8, 4) is 11.5 Å². The third kappa shape index (κ3) is 4.30. The molecule has 7 heteroatoms. The Morgan fingerprint density at radius 1 is 1.00 bits per heavy atom. The highest BCUT2D eigenvalue weighted by molar-refractivity contribution is 5.92. The van der Waals surface area contributed by atoms with Gasteiger partial charge in [-0.3, -0.25) is 9.69 Å². The fourth-order valence-electron chi connectivity index (χ4n) is 5.18. The van der Waals surface area contributed by atoms with Crippen molar-refractivity contribution in [2.45, 2.75) is 63.3 Å². The Morgan fingerprint density at radius 3 is 2.32 bits per heavy atom. The predicted octanol–water partition coefficient (Wildman–Crippen LogP) is 5.35. The monoisotopic (exact) mass is 459 g/mol. The number of aromatic nitrogens is 1. The fourth-order valence-corrected chi connectivity index (χ4v) is 5.18. The van der Waals surface area contributed by atoms with Gasteiger partial charge < -0.3 is 14.5 Å². The number of hydrogen-bond acceptors (Lipinski definition) is 5. The summed E-state index contributed by atoms with van der Waals surface area (Å²) < 4.78 is 11.3. The summed E-state index contributed by atoms with van der Waals surface area (Å²) in [7, 11) is 0. The number of carbonyl (C=O) groups excluding carboxylic acids is 2. The molecule has 1 saturated carbocycles. The molecule has 0 radical (unpaired) electrons. The maximum atomic E-state index is 12.9. The minimum atomic E-state index is -0.604. The van der Waals surface area contributed by atoms with Crippen molar-refractivity contribution in [2.75, 3.05) is 0 Å². The smallest absolute Gasteiger partial charge is 0.411 e. The summed E-state index contributed by atoms with van der Waals surface area (Å²) in [6.07, 6.45) is 4.30. The minimum absolute atomic E-state index is 0.0300. The van der Waals surface area contributed by atoms with E-state index >= 15 is 0 Å². The Labute approximate surface area is 199 Å². The molecular formula is C27H29N3O4. The van der Waals surface area contributed by atoms with Gasteiger partial charge in [0.1, 0.15) is 11.9 Å². The van der Waals surface area contributed by atoms with Crippen LogP contribution in [-0.4, -0.2) is 39.6 Å². The van der Waals surface area contributed by atoms with Crippen LogP contribution >= 0.6 is 0 Å². The van der Waals surface area contributed by atoms with Crippen LogP contribution in [0.1, 0.15) is 61.6 Å². The second kappa shape index (κ2) is 8.97. The maximum Gasteiger partial charge on any atom is 0.411 e. The van der Waals surface area contributed by atoms with Gasteiger partial charge in [0.2, 0.25) is 5.89 Å². The molecular weight excluding hydrogens is 430 g/mol. The van der Waals surface area contributed by atoms with E-state index in [4.69, 9.17) is 9.15 Å². The molecule has 2 aromatic carbocycles. The van der Waals surface area contributed by atoms with Crippen molar-refractivity contribution in [1.29, 1.82) is 0 Å². The number of amides is 2. The topological polar surface area (TPSA) is 84.7 Å². The number of ether oxygens (including phenoxy) is 1. The van der Waals surface area contributed by atoms with Gasteiger partial charge in [-0.05, 0) is 57.2 Å². The van der Waals surface area contributed by atoms with Gasteiger partial charge in [0.25, 0.3) is 5.91 Å². The maximum absolute atomic E-state index is 12.9. The first-order valence-electron chi connectivity index (χ1n) is 11.8. The Morgan fingerprint density at radius 2 is 1.65 bits per heavy atom. The van der Waals surface area contributed by atoms with E-state index in [0.717, 1.165) is 36.8 Å². The standard InChI is InChI=1S/C27H29N3O4/c1-27(2)23(18-9-5-3-6-10-18)30(26(32)34-27)21-15-13-20(14-16-21)28-24(31)22-17-33-25(29-22)19-11-7-4-8-12-19/h3-12,17,20-21,23H,13-16H2,1-2H3,(H,28,31). The molecule has 176 valence electrons. The molecule has 3 aromatic rings. The van der Waals surface area contributed by atoms with Crippen LogP contribution in [0.25, 0.3) is 11.5 Å². The number of rotatable bonds is 5. The first kappa shape index (κ1) is 22.2. The largest absolute Gasteiger partial charge is 0.444 e. The van der Waals surface area contributed by atoms with Crippen molar-refractivity contribution in [3.63, 3.8) is 0 Å². The molecule has 5 rings (SSSR count). The lowest BCUT2D eigenvalue weighted by Crippen LogP contribution is -2.46. The fraction of sp³-hybridized carbons (Fsp3) is 0.370. The van der Waals surface area contributed by atoms with Gasteiger partial charge >= 0.3 is 6.09 Å². The summed E-state index contributed by atoms with van der Waals surface area (Å²) in [6, 6.07) is 19.5. The second-order valence-electron chi connectivity index (χ2n) is 9.57. The van der Waals surface area contributed by atoms with Gasteiger partial charge in [-0.25, -0.2) is 9.78 Å². The average Bonchev–Trinajstić information content (AvgIpc) is 3.43. The van der Waals surface area contributed by atoms with Crippen molar-refractivity contribution < 1.29 is 18.7 Å². The van der Waals surface area contributed by atoms with Crippen molar-refractivity contribution in [3.05, 3.63) is 78.2 Å². The highest BCUT2D eigenvalue weighted by atomic mass is 16.6. The molecule has 1 N–H and O–H groups in total. The highest BCUT2D eigenvalue weighted by Crippen LogP contribution is 2.44. The molecule has 0 bridgehead atoms. The molecule has 1 aromatic heterocycles. The van der Waals surface area contributed by atoms with E-state index in [0.29, 0.717) is 5.89 Å². The summed E-state index contributed by atoms with van der Waals surface area (Å²) in [5.74, 6) is 0.190. The lowest BCUT2D eigenvalue weighted by molar-refractivity contribution is 0.0663. The lowest BCUT2D eigenvalue weighted by atomic mass is 9.86. The zero-order chi connectivity index (χ0) is 23.7. The lowest BCUT2D eigenvalue weighted by Gasteiger charge is -2.38. The van der Waals surface area contributed by atoms with E-state index in [1.165, 1.54) is 6.26 Å². The molecule has 0 spiro atoms. The summed E-state index contributed by atoms with van der Waals surface area (Å²) in [5, 5.41) is 3.09. The molecule has 7 nitrogen and oxygen atoms in total. The molecule has 1 atom stereocenters. The Kier molecular flexibility index (Phi) is 5.86. The Hall–Kier alpha value is -3.61. The molecule has 1 saturated heterocycles. The van der Waals surface area contributed by atoms with Gasteiger partial charge in [0.15, 0.2) is 5.69 Å². The molecule has 2 aliphatic rings. The second-order valence-corrected chi connectivity index (χ2v) is 9.57. The van der Waals surface area contributed by atoms with Crippen LogP contribution in [0.15, 0.2) is 71.3 Å². The first-order chi connectivity index (χ1) is 16.4. The van der Waals surface area contributed by atoms with Crippen molar-refractivity contribution in [2.24, 2.45) is 0 Å². The molecule has 2 heterocycles. The molecule has 1 aliphatic heterocycles. The normalized spacial score (nSPS) is 24.0. The van der Waals surface area contributed by atoms with Crippen LogP contribution in [0.2, 0.25) is 0 Å². The van der Waals surface area contributed by atoms with Crippen LogP contribution in [0.5, 0.6) is 0 Å². The number of oxazole rings is 1. The summed E-state index contributed by atoms with van der Waals surface area (Å²) >= 11 is 0. The summed E-state index contributed by atoms with van der Waals surface area (Å²) in [6.45, 7) is 3.94. The van der Waals surface area contributed by atoms with E-state index in [9.17, 15) is 9.59 Å².